The fourth-order valence-corrected chi connectivity index (χ4v) is 6.20. The molecule has 8 nitrogen and oxygen atoms in total. The Bertz CT molecular complexity index is 1910. The van der Waals surface area contributed by atoms with Gasteiger partial charge in [0.05, 0.1) is 40.0 Å². The molecule has 4 aromatic rings. The van der Waals surface area contributed by atoms with E-state index in [4.69, 9.17) is 24.5 Å². The largest absolute Gasteiger partial charge is 0.493 e. The van der Waals surface area contributed by atoms with Crippen LogP contribution in [0.15, 0.2) is 86.6 Å². The number of nitriles is 1. The zero-order chi connectivity index (χ0) is 29.8. The minimum absolute atomic E-state index is 0.121. The summed E-state index contributed by atoms with van der Waals surface area (Å²) >= 11 is 4.61. The Morgan fingerprint density at radius 1 is 1.19 bits per heavy atom. The number of thiazole rings is 1. The molecule has 212 valence electrons. The van der Waals surface area contributed by atoms with Crippen molar-refractivity contribution in [2.75, 3.05) is 20.3 Å². The lowest BCUT2D eigenvalue weighted by atomic mass is 9.93. The molecular formula is C31H23BrFN3O5S. The van der Waals surface area contributed by atoms with Gasteiger partial charge in [-0.1, -0.05) is 53.8 Å². The molecule has 1 aliphatic rings. The first-order chi connectivity index (χ1) is 20.4. The van der Waals surface area contributed by atoms with Crippen molar-refractivity contribution < 1.29 is 23.4 Å². The van der Waals surface area contributed by atoms with Gasteiger partial charge in [0.15, 0.2) is 22.9 Å². The Kier molecular flexibility index (Phi) is 8.66. The van der Waals surface area contributed by atoms with Crippen molar-refractivity contribution in [3.05, 3.63) is 119 Å². The van der Waals surface area contributed by atoms with Crippen LogP contribution in [0, 0.1) is 17.1 Å². The number of esters is 1. The van der Waals surface area contributed by atoms with Crippen LogP contribution >= 0.6 is 27.3 Å². The van der Waals surface area contributed by atoms with Crippen LogP contribution in [0.2, 0.25) is 0 Å². The van der Waals surface area contributed by atoms with E-state index in [0.29, 0.717) is 47.7 Å². The van der Waals surface area contributed by atoms with Crippen LogP contribution in [0.4, 0.5) is 4.39 Å². The topological polar surface area (TPSA) is 103 Å². The molecule has 0 fully saturated rings. The summed E-state index contributed by atoms with van der Waals surface area (Å²) in [6, 6.07) is 19.3. The Morgan fingerprint density at radius 2 is 1.93 bits per heavy atom. The number of hydrogen-bond donors (Lipinski definition) is 0. The third-order valence-electron chi connectivity index (χ3n) is 6.39. The first-order valence-electron chi connectivity index (χ1n) is 12.8. The molecule has 1 aliphatic heterocycles. The number of methoxy groups -OCH3 is 1. The summed E-state index contributed by atoms with van der Waals surface area (Å²) in [5, 5.41) is 8.90. The van der Waals surface area contributed by atoms with Crippen LogP contribution in [0.5, 0.6) is 11.5 Å². The second-order valence-electron chi connectivity index (χ2n) is 8.96. The van der Waals surface area contributed by atoms with E-state index in [0.717, 1.165) is 11.3 Å². The molecule has 0 saturated carbocycles. The van der Waals surface area contributed by atoms with E-state index >= 15 is 0 Å². The maximum atomic E-state index is 14.0. The van der Waals surface area contributed by atoms with Crippen LogP contribution < -0.4 is 24.4 Å². The second kappa shape index (κ2) is 12.5. The number of carbonyl (C=O) groups is 1. The van der Waals surface area contributed by atoms with Gasteiger partial charge >= 0.3 is 5.97 Å². The molecule has 3 aromatic carbocycles. The SMILES string of the molecule is CCOC(=O)C1=C(c2ccccc2)N=c2sc(=Cc3cc(Br)c(OCC#N)c(OC)c3)c(=O)n2[C@H]1c1ccc(F)cc1. The first-order valence-corrected chi connectivity index (χ1v) is 14.4. The lowest BCUT2D eigenvalue weighted by molar-refractivity contribution is -0.138. The highest BCUT2D eigenvalue weighted by atomic mass is 79.9. The maximum Gasteiger partial charge on any atom is 0.338 e. The molecule has 0 radical (unpaired) electrons. The monoisotopic (exact) mass is 647 g/mol. The summed E-state index contributed by atoms with van der Waals surface area (Å²) in [5.74, 6) is -0.331. The average Bonchev–Trinajstić information content (AvgIpc) is 3.30. The fraction of sp³-hybridized carbons (Fsp3) is 0.161. The summed E-state index contributed by atoms with van der Waals surface area (Å²) in [4.78, 5) is 32.7. The lowest BCUT2D eigenvalue weighted by Crippen LogP contribution is -2.40. The number of fused-ring (bicyclic) bond motifs is 1. The summed E-state index contributed by atoms with van der Waals surface area (Å²) in [6.45, 7) is 1.66. The Labute approximate surface area is 252 Å². The van der Waals surface area contributed by atoms with Crippen LogP contribution in [0.25, 0.3) is 11.8 Å². The number of carbonyl (C=O) groups excluding carboxylic acids is 1. The molecule has 1 aromatic heterocycles. The van der Waals surface area contributed by atoms with Crippen molar-refractivity contribution in [1.29, 1.82) is 5.26 Å². The van der Waals surface area contributed by atoms with Crippen molar-refractivity contribution in [3.8, 4) is 17.6 Å². The molecule has 2 heterocycles. The van der Waals surface area contributed by atoms with E-state index in [-0.39, 0.29) is 24.3 Å². The van der Waals surface area contributed by atoms with E-state index in [9.17, 15) is 14.0 Å². The van der Waals surface area contributed by atoms with E-state index < -0.39 is 17.8 Å². The Balaban J connectivity index is 1.77. The number of halogens is 2. The second-order valence-corrected chi connectivity index (χ2v) is 10.8. The van der Waals surface area contributed by atoms with Gasteiger partial charge in [-0.25, -0.2) is 14.2 Å². The maximum absolute atomic E-state index is 14.0. The zero-order valence-corrected chi connectivity index (χ0v) is 24.9. The highest BCUT2D eigenvalue weighted by Crippen LogP contribution is 2.37. The van der Waals surface area contributed by atoms with E-state index in [1.54, 1.807) is 37.3 Å². The number of benzene rings is 3. The van der Waals surface area contributed by atoms with Crippen molar-refractivity contribution in [1.82, 2.24) is 4.57 Å². The Hall–Kier alpha value is -4.53. The predicted octanol–water partition coefficient (Wildman–Crippen LogP) is 4.75. The highest BCUT2D eigenvalue weighted by molar-refractivity contribution is 9.10. The molecule has 42 heavy (non-hydrogen) atoms. The van der Waals surface area contributed by atoms with Gasteiger partial charge in [0.2, 0.25) is 0 Å². The van der Waals surface area contributed by atoms with Gasteiger partial charge in [-0.2, -0.15) is 5.26 Å². The van der Waals surface area contributed by atoms with Crippen LogP contribution in [0.1, 0.15) is 29.7 Å². The molecular weight excluding hydrogens is 625 g/mol. The lowest BCUT2D eigenvalue weighted by Gasteiger charge is -2.25. The molecule has 0 amide bonds. The summed E-state index contributed by atoms with van der Waals surface area (Å²) in [5.41, 5.74) is 1.99. The van der Waals surface area contributed by atoms with Gasteiger partial charge < -0.3 is 14.2 Å². The van der Waals surface area contributed by atoms with Crippen molar-refractivity contribution in [2.24, 2.45) is 4.99 Å². The predicted molar refractivity (Wildman–Crippen MR) is 159 cm³/mol. The van der Waals surface area contributed by atoms with Gasteiger partial charge in [-0.15, -0.1) is 0 Å². The van der Waals surface area contributed by atoms with E-state index in [2.05, 4.69) is 15.9 Å². The standard InChI is InChI=1S/C31H23BrFN3O5S/c1-3-40-30(38)25-26(19-7-5-4-6-8-19)35-31-36(27(25)20-9-11-21(33)12-10-20)29(37)24(42-31)17-18-15-22(32)28(41-14-13-34)23(16-18)39-2/h4-12,15-17,27H,3,14H2,1-2H3/t27-/m0/s1. The van der Waals surface area contributed by atoms with Gasteiger partial charge in [-0.3, -0.25) is 9.36 Å². The number of rotatable bonds is 8. The summed E-state index contributed by atoms with van der Waals surface area (Å²) in [6.07, 6.45) is 1.68. The zero-order valence-electron chi connectivity index (χ0n) is 22.5. The van der Waals surface area contributed by atoms with Crippen molar-refractivity contribution in [3.63, 3.8) is 0 Å². The third kappa shape index (κ3) is 5.64. The van der Waals surface area contributed by atoms with Gasteiger partial charge in [0, 0.05) is 5.56 Å². The van der Waals surface area contributed by atoms with Gasteiger partial charge in [0.1, 0.15) is 11.9 Å². The van der Waals surface area contributed by atoms with E-state index in [1.807, 2.05) is 36.4 Å². The number of aromatic nitrogens is 1. The molecule has 0 spiro atoms. The smallest absolute Gasteiger partial charge is 0.338 e. The molecule has 0 aliphatic carbocycles. The number of ether oxygens (including phenoxy) is 3. The average molecular weight is 649 g/mol. The molecule has 5 rings (SSSR count). The molecule has 11 heteroatoms. The molecule has 0 unspecified atom stereocenters. The normalized spacial score (nSPS) is 14.5. The summed E-state index contributed by atoms with van der Waals surface area (Å²) < 4.78 is 32.7. The van der Waals surface area contributed by atoms with Gasteiger partial charge in [0.25, 0.3) is 5.56 Å². The molecule has 0 saturated heterocycles. The number of nitrogens with zero attached hydrogens (tertiary/aromatic N) is 3. The molecule has 0 bridgehead atoms. The molecule has 0 N–H and O–H groups in total. The van der Waals surface area contributed by atoms with E-state index in [1.165, 1.54) is 23.8 Å². The van der Waals surface area contributed by atoms with Crippen LogP contribution in [0.3, 0.4) is 0 Å². The van der Waals surface area contributed by atoms with Gasteiger partial charge in [-0.05, 0) is 64.3 Å². The molecule has 1 atom stereocenters. The number of hydrogen-bond acceptors (Lipinski definition) is 8. The van der Waals surface area contributed by atoms with Crippen LogP contribution in [-0.4, -0.2) is 30.9 Å². The van der Waals surface area contributed by atoms with Crippen molar-refractivity contribution in [2.45, 2.75) is 13.0 Å². The first kappa shape index (κ1) is 29.0. The van der Waals surface area contributed by atoms with Crippen LogP contribution in [-0.2, 0) is 9.53 Å². The highest BCUT2D eigenvalue weighted by Gasteiger charge is 2.35. The quantitative estimate of drug-likeness (QED) is 0.256. The van der Waals surface area contributed by atoms with Crippen molar-refractivity contribution >= 4 is 45.0 Å². The third-order valence-corrected chi connectivity index (χ3v) is 7.96. The Morgan fingerprint density at radius 3 is 2.60 bits per heavy atom. The summed E-state index contributed by atoms with van der Waals surface area (Å²) in [7, 11) is 1.48. The fourth-order valence-electron chi connectivity index (χ4n) is 4.62. The minimum Gasteiger partial charge on any atom is -0.493 e. The minimum atomic E-state index is -0.915.